The predicted molar refractivity (Wildman–Crippen MR) is 202 cm³/mol. The number of halogens is 2. The van der Waals surface area contributed by atoms with Crippen LogP contribution in [0.4, 0.5) is 19.3 Å². The highest BCUT2D eigenvalue weighted by molar-refractivity contribution is 5.82. The second kappa shape index (κ2) is 23.7. The maximum atomic E-state index is 12.4. The van der Waals surface area contributed by atoms with Crippen LogP contribution in [0, 0.1) is 64.9 Å². The first-order valence-corrected chi connectivity index (χ1v) is 19.9. The summed E-state index contributed by atoms with van der Waals surface area (Å²) in [6.45, 7) is 23.6. The van der Waals surface area contributed by atoms with E-state index in [0.29, 0.717) is 55.5 Å². The zero-order valence-corrected chi connectivity index (χ0v) is 33.3. The van der Waals surface area contributed by atoms with E-state index in [-0.39, 0.29) is 29.4 Å². The van der Waals surface area contributed by atoms with E-state index in [1.165, 1.54) is 19.3 Å². The molecule has 2 aliphatic rings. The second-order valence-corrected chi connectivity index (χ2v) is 15.0. The molecule has 1 aromatic carbocycles. The van der Waals surface area contributed by atoms with Gasteiger partial charge >= 0.3 is 6.09 Å². The fourth-order valence-electron chi connectivity index (χ4n) is 9.18. The lowest BCUT2D eigenvalue weighted by molar-refractivity contribution is -0.188. The van der Waals surface area contributed by atoms with E-state index in [9.17, 15) is 28.9 Å². The quantitative estimate of drug-likeness (QED) is 0.115. The number of aliphatic hydroxyl groups is 3. The molecule has 298 valence electrons. The lowest BCUT2D eigenvalue weighted by Gasteiger charge is -2.52. The molecule has 0 saturated heterocycles. The number of carboxylic acid groups (broad SMARTS) is 1. The molecule has 0 radical (unpaired) electrons. The van der Waals surface area contributed by atoms with Gasteiger partial charge in [-0.05, 0) is 105 Å². The van der Waals surface area contributed by atoms with Crippen LogP contribution in [0.25, 0.3) is 0 Å². The summed E-state index contributed by atoms with van der Waals surface area (Å²) < 4.78 is 36.6. The zero-order chi connectivity index (χ0) is 38.9. The largest absolute Gasteiger partial charge is 0.465 e. The number of aliphatic hydroxyl groups excluding tert-OH is 2. The third-order valence-electron chi connectivity index (χ3n) is 11.8. The van der Waals surface area contributed by atoms with Crippen LogP contribution in [0.3, 0.4) is 0 Å². The maximum Gasteiger partial charge on any atom is 0.409 e. The van der Waals surface area contributed by atoms with Crippen molar-refractivity contribution in [1.82, 2.24) is 0 Å². The average molecular weight is 730 g/mol. The Hall–Kier alpha value is -1.85. The lowest BCUT2D eigenvalue weighted by atomic mass is 9.57. The van der Waals surface area contributed by atoms with Gasteiger partial charge in [-0.3, -0.25) is 5.32 Å². The molecule has 0 heterocycles. The highest BCUT2D eigenvalue weighted by Crippen LogP contribution is 2.50. The molecular weight excluding hydrogens is 656 g/mol. The van der Waals surface area contributed by atoms with Crippen molar-refractivity contribution in [2.75, 3.05) is 31.7 Å². The molecule has 1 amide bonds. The Bertz CT molecular complexity index is 1090. The molecule has 2 saturated carbocycles. The van der Waals surface area contributed by atoms with E-state index in [1.807, 2.05) is 33.0 Å². The van der Waals surface area contributed by atoms with Crippen LogP contribution in [0.15, 0.2) is 18.2 Å². The van der Waals surface area contributed by atoms with Crippen molar-refractivity contribution in [2.24, 2.45) is 53.3 Å². The number of anilines is 1. The number of amides is 1. The van der Waals surface area contributed by atoms with Crippen LogP contribution >= 0.6 is 0 Å². The van der Waals surface area contributed by atoms with Crippen molar-refractivity contribution >= 4 is 11.8 Å². The molecule has 7 unspecified atom stereocenters. The first kappa shape index (κ1) is 47.2. The first-order chi connectivity index (χ1) is 24.2. The van der Waals surface area contributed by atoms with Gasteiger partial charge in [0.05, 0.1) is 24.4 Å². The van der Waals surface area contributed by atoms with E-state index in [0.717, 1.165) is 50.8 Å². The molecular formula is C41H73F2NO7. The van der Waals surface area contributed by atoms with Crippen LogP contribution in [-0.2, 0) is 9.47 Å². The number of hydrogen-bond acceptors (Lipinski definition) is 6. The molecule has 1 aromatic rings. The summed E-state index contributed by atoms with van der Waals surface area (Å²) in [5, 5.41) is 45.4. The topological polar surface area (TPSA) is 128 Å². The van der Waals surface area contributed by atoms with Crippen molar-refractivity contribution in [3.63, 3.8) is 0 Å². The molecule has 3 rings (SSSR count). The summed E-state index contributed by atoms with van der Waals surface area (Å²) in [6, 6.07) is 2.43. The number of rotatable bonds is 16. The van der Waals surface area contributed by atoms with E-state index >= 15 is 0 Å². The van der Waals surface area contributed by atoms with E-state index in [1.54, 1.807) is 0 Å². The SMILES string of the molecule is CC.CCCC1C(COCC)[C@H](C(C)C(O)C(O)C(C)[C@@H]2CC[C@@H](C)C(CCC)[C@]2(O)COCC)CC[C@H]1C.O=C(O)Nc1cc(F)cc(F)c1. The smallest absolute Gasteiger partial charge is 0.409 e. The summed E-state index contributed by atoms with van der Waals surface area (Å²) in [4.78, 5) is 10.0. The van der Waals surface area contributed by atoms with Gasteiger partial charge in [0.15, 0.2) is 0 Å². The van der Waals surface area contributed by atoms with Crippen molar-refractivity contribution in [2.45, 2.75) is 138 Å². The Morgan fingerprint density at radius 2 is 1.39 bits per heavy atom. The van der Waals surface area contributed by atoms with Gasteiger partial charge in [-0.1, -0.05) is 81.1 Å². The summed E-state index contributed by atoms with van der Waals surface area (Å²) in [5.41, 5.74) is -1.10. The minimum absolute atomic E-state index is 0.0244. The molecule has 2 aliphatic carbocycles. The number of carbonyl (C=O) groups is 1. The Morgan fingerprint density at radius 1 is 0.843 bits per heavy atom. The third-order valence-corrected chi connectivity index (χ3v) is 11.8. The molecule has 8 nitrogen and oxygen atoms in total. The summed E-state index contributed by atoms with van der Waals surface area (Å²) in [6.07, 6.45) is 5.44. The van der Waals surface area contributed by atoms with Crippen molar-refractivity contribution in [3.8, 4) is 0 Å². The van der Waals surface area contributed by atoms with Gasteiger partial charge in [0.2, 0.25) is 0 Å². The van der Waals surface area contributed by atoms with E-state index < -0.39 is 35.5 Å². The Labute approximate surface area is 308 Å². The Morgan fingerprint density at radius 3 is 1.92 bits per heavy atom. The normalized spacial score (nSPS) is 30.1. The number of nitrogens with one attached hydrogen (secondary N) is 1. The fraction of sp³-hybridized carbons (Fsp3) is 0.829. The maximum absolute atomic E-state index is 12.4. The van der Waals surface area contributed by atoms with Gasteiger partial charge in [-0.15, -0.1) is 0 Å². The summed E-state index contributed by atoms with van der Waals surface area (Å²) in [5.74, 6) is 0.616. The van der Waals surface area contributed by atoms with Gasteiger partial charge in [0.1, 0.15) is 11.6 Å². The zero-order valence-electron chi connectivity index (χ0n) is 33.3. The predicted octanol–water partition coefficient (Wildman–Crippen LogP) is 9.41. The average Bonchev–Trinajstić information content (AvgIpc) is 3.08. The fourth-order valence-corrected chi connectivity index (χ4v) is 9.18. The molecule has 10 heteroatoms. The minimum atomic E-state index is -1.36. The highest BCUT2D eigenvalue weighted by Gasteiger charge is 2.53. The van der Waals surface area contributed by atoms with Crippen LogP contribution in [0.2, 0.25) is 0 Å². The summed E-state index contributed by atoms with van der Waals surface area (Å²) in [7, 11) is 0. The number of hydrogen-bond donors (Lipinski definition) is 5. The van der Waals surface area contributed by atoms with Crippen molar-refractivity contribution in [1.29, 1.82) is 0 Å². The molecule has 0 aliphatic heterocycles. The molecule has 12 atom stereocenters. The molecule has 0 aromatic heterocycles. The van der Waals surface area contributed by atoms with E-state index in [2.05, 4.69) is 41.5 Å². The Kier molecular flexibility index (Phi) is 22.0. The van der Waals surface area contributed by atoms with Gasteiger partial charge in [-0.25, -0.2) is 13.6 Å². The highest BCUT2D eigenvalue weighted by atomic mass is 19.1. The number of ether oxygens (including phenoxy) is 2. The van der Waals surface area contributed by atoms with Crippen molar-refractivity contribution < 1.29 is 43.5 Å². The van der Waals surface area contributed by atoms with Gasteiger partial charge in [0, 0.05) is 31.6 Å². The Balaban J connectivity index is 0.000000776. The van der Waals surface area contributed by atoms with Gasteiger partial charge in [-0.2, -0.15) is 0 Å². The number of benzene rings is 1. The van der Waals surface area contributed by atoms with Gasteiger partial charge < -0.3 is 29.9 Å². The molecule has 51 heavy (non-hydrogen) atoms. The summed E-state index contributed by atoms with van der Waals surface area (Å²) >= 11 is 0. The molecule has 0 bridgehead atoms. The van der Waals surface area contributed by atoms with E-state index in [4.69, 9.17) is 14.6 Å². The third kappa shape index (κ3) is 13.5. The monoisotopic (exact) mass is 730 g/mol. The first-order valence-electron chi connectivity index (χ1n) is 19.9. The minimum Gasteiger partial charge on any atom is -0.465 e. The molecule has 2 fully saturated rings. The van der Waals surface area contributed by atoms with Crippen molar-refractivity contribution in [3.05, 3.63) is 29.8 Å². The van der Waals surface area contributed by atoms with Crippen LogP contribution in [0.5, 0.6) is 0 Å². The van der Waals surface area contributed by atoms with Crippen LogP contribution < -0.4 is 5.32 Å². The molecule has 5 N–H and O–H groups in total. The second-order valence-electron chi connectivity index (χ2n) is 15.0. The van der Waals surface area contributed by atoms with Crippen LogP contribution in [-0.4, -0.2) is 70.8 Å². The standard InChI is InChI=1S/C32H62O5.C7H5F2NO2.C2H6/c1-9-13-25-21(5)15-17-26(27(25)19-36-11-3)23(7)30(33)31(34)24(8)29-18-16-22(6)28(14-10-2)32(29,35)20-37-12-4;8-4-1-5(9)3-6(2-4)10-7(11)12;1-2/h21-31,33-35H,9-20H2,1-8H3;1-3,10H,(H,11,12);1-2H3/t21-,22-,23?,24?,25?,26+,27?,28?,29+,30?,31?,32-;;/m1../s1. The molecule has 0 spiro atoms. The van der Waals surface area contributed by atoms with Crippen LogP contribution in [0.1, 0.15) is 121 Å². The lowest BCUT2D eigenvalue weighted by Crippen LogP contribution is -2.58. The van der Waals surface area contributed by atoms with Gasteiger partial charge in [0.25, 0.3) is 0 Å².